The fourth-order valence-corrected chi connectivity index (χ4v) is 4.11. The quantitative estimate of drug-likeness (QED) is 0.639. The zero-order chi connectivity index (χ0) is 16.3. The number of nitrogens with zero attached hydrogens (tertiary/aromatic N) is 1. The van der Waals surface area contributed by atoms with E-state index < -0.39 is 0 Å². The molecule has 2 aromatic carbocycles. The van der Waals surface area contributed by atoms with E-state index in [4.69, 9.17) is 9.15 Å². The van der Waals surface area contributed by atoms with Crippen molar-refractivity contribution in [2.24, 2.45) is 0 Å². The molecule has 0 saturated heterocycles. The molecule has 0 spiro atoms. The normalized spacial score (nSPS) is 21.1. The molecule has 0 amide bonds. The van der Waals surface area contributed by atoms with Gasteiger partial charge in [0.15, 0.2) is 6.23 Å². The van der Waals surface area contributed by atoms with Gasteiger partial charge < -0.3 is 14.1 Å². The van der Waals surface area contributed by atoms with Gasteiger partial charge in [-0.3, -0.25) is 0 Å². The average Bonchev–Trinajstić information content (AvgIpc) is 2.62. The Hall–Kier alpha value is -2.75. The fraction of sp³-hybridized carbons (Fsp3) is 0.250. The van der Waals surface area contributed by atoms with E-state index in [1.54, 1.807) is 0 Å². The number of benzene rings is 2. The van der Waals surface area contributed by atoms with E-state index in [2.05, 4.69) is 24.0 Å². The molecule has 1 aromatic heterocycles. The van der Waals surface area contributed by atoms with E-state index in [1.807, 2.05) is 36.4 Å². The lowest BCUT2D eigenvalue weighted by molar-refractivity contribution is 0.152. The summed E-state index contributed by atoms with van der Waals surface area (Å²) in [7, 11) is 0. The molecule has 2 aliphatic heterocycles. The molecule has 5 rings (SSSR count). The number of hydrogen-bond acceptors (Lipinski definition) is 4. The van der Waals surface area contributed by atoms with Crippen molar-refractivity contribution in [1.29, 1.82) is 0 Å². The van der Waals surface area contributed by atoms with E-state index in [-0.39, 0.29) is 17.8 Å². The van der Waals surface area contributed by atoms with Crippen LogP contribution in [-0.4, -0.2) is 12.8 Å². The molecule has 2 atom stereocenters. The van der Waals surface area contributed by atoms with Crippen LogP contribution in [-0.2, 0) is 0 Å². The fourth-order valence-electron chi connectivity index (χ4n) is 4.11. The Morgan fingerprint density at radius 1 is 1.12 bits per heavy atom. The number of fused-ring (bicyclic) bond motifs is 8. The molecule has 0 saturated carbocycles. The summed E-state index contributed by atoms with van der Waals surface area (Å²) < 4.78 is 11.9. The van der Waals surface area contributed by atoms with Crippen molar-refractivity contribution in [1.82, 2.24) is 0 Å². The molecule has 0 fully saturated rings. The molecule has 3 heterocycles. The molecule has 0 radical (unpaired) electrons. The van der Waals surface area contributed by atoms with Crippen LogP contribution >= 0.6 is 0 Å². The zero-order valence-electron chi connectivity index (χ0n) is 13.4. The minimum atomic E-state index is -0.285. The third kappa shape index (κ3) is 1.71. The molecule has 24 heavy (non-hydrogen) atoms. The highest BCUT2D eigenvalue weighted by molar-refractivity contribution is 5.85. The minimum Gasteiger partial charge on any atom is -0.469 e. The first kappa shape index (κ1) is 13.7. The summed E-state index contributed by atoms with van der Waals surface area (Å²) in [5, 5.41) is 0.872. The maximum absolute atomic E-state index is 12.7. The Morgan fingerprint density at radius 3 is 2.79 bits per heavy atom. The van der Waals surface area contributed by atoms with Gasteiger partial charge in [0.1, 0.15) is 11.3 Å². The van der Waals surface area contributed by atoms with Crippen molar-refractivity contribution in [3.63, 3.8) is 0 Å². The van der Waals surface area contributed by atoms with Crippen LogP contribution in [0.5, 0.6) is 5.75 Å². The molecule has 120 valence electrons. The van der Waals surface area contributed by atoms with Crippen LogP contribution in [0.15, 0.2) is 57.7 Å². The van der Waals surface area contributed by atoms with E-state index in [1.165, 1.54) is 5.56 Å². The molecule has 2 unspecified atom stereocenters. The van der Waals surface area contributed by atoms with Crippen LogP contribution in [0.3, 0.4) is 0 Å². The Balaban J connectivity index is 1.84. The summed E-state index contributed by atoms with van der Waals surface area (Å²) in [6.45, 7) is 3.00. The largest absolute Gasteiger partial charge is 0.469 e. The lowest BCUT2D eigenvalue weighted by Gasteiger charge is -2.45. The number of hydrogen-bond donors (Lipinski definition) is 0. The predicted octanol–water partition coefficient (Wildman–Crippen LogP) is 3.87. The molecule has 0 aliphatic carbocycles. The first-order chi connectivity index (χ1) is 11.8. The maximum Gasteiger partial charge on any atom is 0.343 e. The lowest BCUT2D eigenvalue weighted by atomic mass is 9.81. The molecule has 4 nitrogen and oxygen atoms in total. The smallest absolute Gasteiger partial charge is 0.343 e. The Labute approximate surface area is 139 Å². The summed E-state index contributed by atoms with van der Waals surface area (Å²) in [6.07, 6.45) is 0.730. The van der Waals surface area contributed by atoms with Crippen LogP contribution in [0.2, 0.25) is 0 Å². The maximum atomic E-state index is 12.7. The highest BCUT2D eigenvalue weighted by Crippen LogP contribution is 2.49. The van der Waals surface area contributed by atoms with E-state index >= 15 is 0 Å². The number of anilines is 1. The second-order valence-corrected chi connectivity index (χ2v) is 6.33. The van der Waals surface area contributed by atoms with Crippen LogP contribution in [0, 0.1) is 0 Å². The summed E-state index contributed by atoms with van der Waals surface area (Å²) in [5.74, 6) is 0.717. The first-order valence-corrected chi connectivity index (χ1v) is 8.36. The summed E-state index contributed by atoms with van der Waals surface area (Å²) >= 11 is 0. The van der Waals surface area contributed by atoms with Gasteiger partial charge in [-0.05, 0) is 30.7 Å². The van der Waals surface area contributed by atoms with Crippen LogP contribution in [0.4, 0.5) is 5.69 Å². The highest BCUT2D eigenvalue weighted by atomic mass is 16.5. The van der Waals surface area contributed by atoms with E-state index in [0.717, 1.165) is 24.0 Å². The third-order valence-corrected chi connectivity index (χ3v) is 5.15. The van der Waals surface area contributed by atoms with Gasteiger partial charge in [-0.2, -0.15) is 0 Å². The van der Waals surface area contributed by atoms with Crippen LogP contribution in [0.1, 0.15) is 30.4 Å². The second kappa shape index (κ2) is 4.87. The second-order valence-electron chi connectivity index (χ2n) is 6.33. The van der Waals surface area contributed by atoms with Gasteiger partial charge in [0.25, 0.3) is 0 Å². The van der Waals surface area contributed by atoms with Gasteiger partial charge >= 0.3 is 5.63 Å². The third-order valence-electron chi connectivity index (χ3n) is 5.15. The Bertz CT molecular complexity index is 1010. The number of rotatable bonds is 1. The standard InChI is InChI=1S/C20H17NO3/c1-2-21-15-9-5-3-7-12(15)14-11-17(21)24-19-13-8-4-6-10-16(13)23-20(22)18(14)19/h3-10,14,17H,2,11H2,1H3. The minimum absolute atomic E-state index is 0.0265. The molecule has 2 bridgehead atoms. The van der Waals surface area contributed by atoms with Crippen LogP contribution < -0.4 is 15.3 Å². The molecular formula is C20H17NO3. The summed E-state index contributed by atoms with van der Waals surface area (Å²) in [5.41, 5.74) is 3.29. The van der Waals surface area contributed by atoms with Crippen LogP contribution in [0.25, 0.3) is 11.0 Å². The van der Waals surface area contributed by atoms with Gasteiger partial charge in [0, 0.05) is 24.6 Å². The molecule has 3 aromatic rings. The van der Waals surface area contributed by atoms with Gasteiger partial charge in [0.05, 0.1) is 10.9 Å². The summed E-state index contributed by atoms with van der Waals surface area (Å²) in [4.78, 5) is 15.0. The topological polar surface area (TPSA) is 42.7 Å². The first-order valence-electron chi connectivity index (χ1n) is 8.36. The van der Waals surface area contributed by atoms with Crippen molar-refractivity contribution < 1.29 is 9.15 Å². The monoisotopic (exact) mass is 319 g/mol. The Morgan fingerprint density at radius 2 is 1.92 bits per heavy atom. The van der Waals surface area contributed by atoms with Crippen molar-refractivity contribution in [3.05, 3.63) is 70.1 Å². The number of ether oxygens (including phenoxy) is 1. The highest BCUT2D eigenvalue weighted by Gasteiger charge is 2.41. The van der Waals surface area contributed by atoms with E-state index in [9.17, 15) is 4.79 Å². The number of para-hydroxylation sites is 2. The average molecular weight is 319 g/mol. The van der Waals surface area contributed by atoms with Gasteiger partial charge in [-0.1, -0.05) is 30.3 Å². The van der Waals surface area contributed by atoms with Gasteiger partial charge in [-0.15, -0.1) is 0 Å². The van der Waals surface area contributed by atoms with E-state index in [0.29, 0.717) is 16.9 Å². The van der Waals surface area contributed by atoms with Gasteiger partial charge in [-0.25, -0.2) is 4.79 Å². The predicted molar refractivity (Wildman–Crippen MR) is 92.8 cm³/mol. The van der Waals surface area contributed by atoms with Crippen molar-refractivity contribution >= 4 is 16.7 Å². The van der Waals surface area contributed by atoms with Crippen molar-refractivity contribution in [3.8, 4) is 5.75 Å². The van der Waals surface area contributed by atoms with Crippen molar-refractivity contribution in [2.75, 3.05) is 11.4 Å². The molecule has 0 N–H and O–H groups in total. The molecule has 4 heteroatoms. The zero-order valence-corrected chi connectivity index (χ0v) is 13.4. The lowest BCUT2D eigenvalue weighted by Crippen LogP contribution is -2.47. The molecule has 2 aliphatic rings. The summed E-state index contributed by atoms with van der Waals surface area (Å²) in [6, 6.07) is 15.9. The van der Waals surface area contributed by atoms with Gasteiger partial charge in [0.2, 0.25) is 0 Å². The Kier molecular flexibility index (Phi) is 2.77. The molecular weight excluding hydrogens is 302 g/mol. The SMILES string of the molecule is CCN1c2ccccc2C2CC1Oc1c2c(=O)oc2ccccc12. The van der Waals surface area contributed by atoms with Crippen molar-refractivity contribution in [2.45, 2.75) is 25.5 Å².